The quantitative estimate of drug-likeness (QED) is 0.637. The van der Waals surface area contributed by atoms with Crippen LogP contribution in [0.5, 0.6) is 0 Å². The fourth-order valence-electron chi connectivity index (χ4n) is 1.62. The number of carbonyl (C=O) groups excluding carboxylic acids is 2. The summed E-state index contributed by atoms with van der Waals surface area (Å²) in [7, 11) is 0. The van der Waals surface area contributed by atoms with Crippen LogP contribution in [0.25, 0.3) is 0 Å². The number of amides is 2. The van der Waals surface area contributed by atoms with Gasteiger partial charge in [0.1, 0.15) is 5.25 Å². The molecule has 0 saturated heterocycles. The number of anilines is 1. The van der Waals surface area contributed by atoms with E-state index < -0.39 is 22.0 Å². The van der Waals surface area contributed by atoms with Crippen molar-refractivity contribution in [1.29, 1.82) is 0 Å². The summed E-state index contributed by atoms with van der Waals surface area (Å²) in [6.45, 7) is 0. The molecular formula is C11H9ClN4O4S. The zero-order chi connectivity index (χ0) is 15.6. The number of carbonyl (C=O) groups is 2. The molecule has 0 radical (unpaired) electrons. The second kappa shape index (κ2) is 6.10. The lowest BCUT2D eigenvalue weighted by Gasteiger charge is -2.09. The van der Waals surface area contributed by atoms with Crippen LogP contribution in [0.15, 0.2) is 23.2 Å². The van der Waals surface area contributed by atoms with E-state index in [1.54, 1.807) is 0 Å². The van der Waals surface area contributed by atoms with Crippen molar-refractivity contribution >= 4 is 51.7 Å². The van der Waals surface area contributed by atoms with Crippen LogP contribution >= 0.6 is 23.4 Å². The molecule has 0 bridgehead atoms. The second-order valence-electron chi connectivity index (χ2n) is 4.07. The molecule has 3 N–H and O–H groups in total. The summed E-state index contributed by atoms with van der Waals surface area (Å²) < 4.78 is 0. The molecule has 1 aliphatic rings. The SMILES string of the molecule is NC1=NC(=O)[C@H](CC(=O)Nc2cc([N+](=O)[O-])ccc2Cl)S1. The highest BCUT2D eigenvalue weighted by atomic mass is 35.5. The number of nitro benzene ring substituents is 1. The van der Waals surface area contributed by atoms with Crippen molar-refractivity contribution in [2.75, 3.05) is 5.32 Å². The maximum absolute atomic E-state index is 11.9. The average molecular weight is 329 g/mol. The Bertz CT molecular complexity index is 664. The van der Waals surface area contributed by atoms with Crippen LogP contribution in [0.3, 0.4) is 0 Å². The first-order valence-electron chi connectivity index (χ1n) is 5.65. The fourth-order valence-corrected chi connectivity index (χ4v) is 2.61. The Kier molecular flexibility index (Phi) is 4.43. The molecular weight excluding hydrogens is 320 g/mol. The highest BCUT2D eigenvalue weighted by Gasteiger charge is 2.29. The van der Waals surface area contributed by atoms with Crippen molar-refractivity contribution in [1.82, 2.24) is 0 Å². The molecule has 1 aliphatic heterocycles. The number of thioether (sulfide) groups is 1. The summed E-state index contributed by atoms with van der Waals surface area (Å²) in [6, 6.07) is 3.68. The maximum Gasteiger partial charge on any atom is 0.271 e. The lowest BCUT2D eigenvalue weighted by Crippen LogP contribution is -2.21. The van der Waals surface area contributed by atoms with Crippen LogP contribution in [0.2, 0.25) is 5.02 Å². The lowest BCUT2D eigenvalue weighted by atomic mass is 10.2. The molecule has 1 aromatic rings. The number of rotatable bonds is 4. The summed E-state index contributed by atoms with van der Waals surface area (Å²) in [5.41, 5.74) is 5.30. The van der Waals surface area contributed by atoms with E-state index in [9.17, 15) is 19.7 Å². The smallest absolute Gasteiger partial charge is 0.271 e. The minimum atomic E-state index is -0.678. The topological polar surface area (TPSA) is 128 Å². The first-order valence-corrected chi connectivity index (χ1v) is 6.91. The van der Waals surface area contributed by atoms with E-state index in [1.807, 2.05) is 0 Å². The second-order valence-corrected chi connectivity index (χ2v) is 5.70. The van der Waals surface area contributed by atoms with E-state index >= 15 is 0 Å². The number of halogens is 1. The van der Waals surface area contributed by atoms with E-state index in [4.69, 9.17) is 17.3 Å². The van der Waals surface area contributed by atoms with Crippen molar-refractivity contribution in [3.63, 3.8) is 0 Å². The number of non-ortho nitro benzene ring substituents is 1. The van der Waals surface area contributed by atoms with Gasteiger partial charge in [0, 0.05) is 18.6 Å². The Morgan fingerprint density at radius 3 is 2.86 bits per heavy atom. The number of nitrogens with two attached hydrogens (primary N) is 1. The molecule has 1 aromatic carbocycles. The van der Waals surface area contributed by atoms with Crippen molar-refractivity contribution in [3.8, 4) is 0 Å². The van der Waals surface area contributed by atoms with E-state index in [2.05, 4.69) is 10.3 Å². The number of hydrogen-bond acceptors (Lipinski definition) is 6. The Labute approximate surface area is 127 Å². The number of benzene rings is 1. The number of nitro groups is 1. The van der Waals surface area contributed by atoms with Crippen molar-refractivity contribution in [2.45, 2.75) is 11.7 Å². The van der Waals surface area contributed by atoms with Crippen molar-refractivity contribution in [2.24, 2.45) is 10.7 Å². The third-order valence-corrected chi connectivity index (χ3v) is 3.88. The van der Waals surface area contributed by atoms with Gasteiger partial charge in [-0.3, -0.25) is 19.7 Å². The van der Waals surface area contributed by atoms with Crippen LogP contribution in [-0.2, 0) is 9.59 Å². The molecule has 1 atom stereocenters. The summed E-state index contributed by atoms with van der Waals surface area (Å²) >= 11 is 6.86. The third-order valence-electron chi connectivity index (χ3n) is 2.56. The predicted molar refractivity (Wildman–Crippen MR) is 79.4 cm³/mol. The van der Waals surface area contributed by atoms with Gasteiger partial charge in [0.15, 0.2) is 5.17 Å². The zero-order valence-electron chi connectivity index (χ0n) is 10.4. The third kappa shape index (κ3) is 3.70. The molecule has 2 rings (SSSR count). The van der Waals surface area contributed by atoms with Crippen LogP contribution in [0.4, 0.5) is 11.4 Å². The first kappa shape index (κ1) is 15.3. The van der Waals surface area contributed by atoms with Gasteiger partial charge in [-0.05, 0) is 6.07 Å². The van der Waals surface area contributed by atoms with E-state index in [1.165, 1.54) is 12.1 Å². The summed E-state index contributed by atoms with van der Waals surface area (Å²) in [5, 5.41) is 12.7. The Hall–Kier alpha value is -2.13. The molecule has 0 aliphatic carbocycles. The molecule has 0 aromatic heterocycles. The van der Waals surface area contributed by atoms with E-state index in [0.717, 1.165) is 17.8 Å². The van der Waals surface area contributed by atoms with E-state index in [0.29, 0.717) is 0 Å². The summed E-state index contributed by atoms with van der Waals surface area (Å²) in [4.78, 5) is 36.8. The summed E-state index contributed by atoms with van der Waals surface area (Å²) in [6.07, 6.45) is -0.146. The molecule has 110 valence electrons. The normalized spacial score (nSPS) is 17.5. The fraction of sp³-hybridized carbons (Fsp3) is 0.182. The molecule has 2 amide bonds. The van der Waals surface area contributed by atoms with Crippen LogP contribution in [-0.4, -0.2) is 27.2 Å². The van der Waals surface area contributed by atoms with Gasteiger partial charge in [0.25, 0.3) is 11.6 Å². The first-order chi connectivity index (χ1) is 9.86. The Morgan fingerprint density at radius 1 is 1.57 bits per heavy atom. The van der Waals surface area contributed by atoms with Gasteiger partial charge >= 0.3 is 0 Å². The van der Waals surface area contributed by atoms with Gasteiger partial charge in [0.2, 0.25) is 5.91 Å². The number of nitrogens with zero attached hydrogens (tertiary/aromatic N) is 2. The molecule has 1 heterocycles. The minimum absolute atomic E-state index is 0.111. The number of amidine groups is 1. The molecule has 0 spiro atoms. The van der Waals surface area contributed by atoms with Gasteiger partial charge in [-0.15, -0.1) is 0 Å². The zero-order valence-corrected chi connectivity index (χ0v) is 12.0. The van der Waals surface area contributed by atoms with Gasteiger partial charge in [-0.1, -0.05) is 23.4 Å². The molecule has 10 heteroatoms. The largest absolute Gasteiger partial charge is 0.378 e. The van der Waals surface area contributed by atoms with Gasteiger partial charge in [-0.2, -0.15) is 4.99 Å². The Morgan fingerprint density at radius 2 is 2.29 bits per heavy atom. The summed E-state index contributed by atoms with van der Waals surface area (Å²) in [5.74, 6) is -0.981. The predicted octanol–water partition coefficient (Wildman–Crippen LogP) is 1.53. The van der Waals surface area contributed by atoms with Gasteiger partial charge in [-0.25, -0.2) is 0 Å². The highest BCUT2D eigenvalue weighted by Crippen LogP contribution is 2.28. The maximum atomic E-state index is 11.9. The number of aliphatic imine (C=N–C) groups is 1. The number of nitrogens with one attached hydrogen (secondary N) is 1. The Balaban J connectivity index is 2.05. The van der Waals surface area contributed by atoms with Gasteiger partial charge < -0.3 is 11.1 Å². The molecule has 0 fully saturated rings. The van der Waals surface area contributed by atoms with Crippen LogP contribution in [0, 0.1) is 10.1 Å². The lowest BCUT2D eigenvalue weighted by molar-refractivity contribution is -0.384. The van der Waals surface area contributed by atoms with E-state index in [-0.39, 0.29) is 28.0 Å². The van der Waals surface area contributed by atoms with Gasteiger partial charge in [0.05, 0.1) is 15.6 Å². The number of hydrogen-bond donors (Lipinski definition) is 2. The van der Waals surface area contributed by atoms with Crippen LogP contribution < -0.4 is 11.1 Å². The standard InChI is InChI=1S/C11H9ClN4O4S/c12-6-2-1-5(16(19)20)3-7(6)14-9(17)4-8-10(18)15-11(13)21-8/h1-3,8H,4H2,(H,14,17)(H2,13,15,18)/t8-/m0/s1. The molecule has 8 nitrogen and oxygen atoms in total. The molecule has 0 saturated carbocycles. The molecule has 0 unspecified atom stereocenters. The average Bonchev–Trinajstić information content (AvgIpc) is 2.70. The molecule has 21 heavy (non-hydrogen) atoms. The van der Waals surface area contributed by atoms with Crippen LogP contribution in [0.1, 0.15) is 6.42 Å². The van der Waals surface area contributed by atoms with Crippen molar-refractivity contribution in [3.05, 3.63) is 33.3 Å². The highest BCUT2D eigenvalue weighted by molar-refractivity contribution is 8.15. The monoisotopic (exact) mass is 328 g/mol. The van der Waals surface area contributed by atoms with Crippen molar-refractivity contribution < 1.29 is 14.5 Å². The minimum Gasteiger partial charge on any atom is -0.378 e.